The summed E-state index contributed by atoms with van der Waals surface area (Å²) in [6, 6.07) is 4.44. The summed E-state index contributed by atoms with van der Waals surface area (Å²) in [5, 5.41) is 0. The Balaban J connectivity index is 1.62. The topological polar surface area (TPSA) is 26.8 Å². The van der Waals surface area contributed by atoms with Crippen molar-refractivity contribution in [1.82, 2.24) is 14.7 Å². The molecule has 1 amide bonds. The molecule has 2 aliphatic heterocycles. The van der Waals surface area contributed by atoms with Gasteiger partial charge in [-0.15, -0.1) is 11.3 Å². The van der Waals surface area contributed by atoms with Gasteiger partial charge in [0.25, 0.3) is 0 Å². The van der Waals surface area contributed by atoms with Crippen LogP contribution in [-0.2, 0) is 11.3 Å². The van der Waals surface area contributed by atoms with Crippen LogP contribution in [0.25, 0.3) is 0 Å². The molecule has 1 atom stereocenters. The highest BCUT2D eigenvalue weighted by atomic mass is 32.1. The van der Waals surface area contributed by atoms with Gasteiger partial charge in [0.15, 0.2) is 0 Å². The van der Waals surface area contributed by atoms with E-state index in [0.717, 1.165) is 58.5 Å². The van der Waals surface area contributed by atoms with Crippen molar-refractivity contribution in [2.75, 3.05) is 46.8 Å². The van der Waals surface area contributed by atoms with E-state index in [2.05, 4.69) is 47.9 Å². The standard InChI is InChI=1S/C18H29N3OS/c1-15-5-6-16(23-15)13-20-9-4-7-18(14-20)8-10-21(17(18)22)12-11-19(2)3/h5-6H,4,7-14H2,1-3H3. The lowest BCUT2D eigenvalue weighted by atomic mass is 9.78. The van der Waals surface area contributed by atoms with Crippen LogP contribution in [-0.4, -0.2) is 67.4 Å². The average molecular weight is 336 g/mol. The summed E-state index contributed by atoms with van der Waals surface area (Å²) in [5.41, 5.74) is -0.100. The van der Waals surface area contributed by atoms with E-state index < -0.39 is 0 Å². The van der Waals surface area contributed by atoms with E-state index >= 15 is 0 Å². The Morgan fingerprint density at radius 1 is 1.26 bits per heavy atom. The maximum absolute atomic E-state index is 13.0. The second kappa shape index (κ2) is 6.91. The molecule has 2 aliphatic rings. The van der Waals surface area contributed by atoms with Gasteiger partial charge in [-0.25, -0.2) is 0 Å². The summed E-state index contributed by atoms with van der Waals surface area (Å²) < 4.78 is 0. The molecule has 1 aromatic heterocycles. The molecular weight excluding hydrogens is 306 g/mol. The maximum atomic E-state index is 13.0. The first-order valence-electron chi connectivity index (χ1n) is 8.70. The quantitative estimate of drug-likeness (QED) is 0.827. The zero-order chi connectivity index (χ0) is 16.4. The van der Waals surface area contributed by atoms with Crippen molar-refractivity contribution in [3.05, 3.63) is 21.9 Å². The molecule has 0 radical (unpaired) electrons. The molecule has 4 nitrogen and oxygen atoms in total. The second-order valence-electron chi connectivity index (χ2n) is 7.45. The first-order valence-corrected chi connectivity index (χ1v) is 9.52. The first kappa shape index (κ1) is 16.9. The van der Waals surface area contributed by atoms with Crippen molar-refractivity contribution < 1.29 is 4.79 Å². The van der Waals surface area contributed by atoms with Gasteiger partial charge in [0.1, 0.15) is 0 Å². The number of nitrogens with zero attached hydrogens (tertiary/aromatic N) is 3. The van der Waals surface area contributed by atoms with Gasteiger partial charge in [0.05, 0.1) is 5.41 Å². The maximum Gasteiger partial charge on any atom is 0.230 e. The van der Waals surface area contributed by atoms with Crippen LogP contribution in [0.3, 0.4) is 0 Å². The number of likely N-dealkylation sites (tertiary alicyclic amines) is 2. The normalized spacial score (nSPS) is 25.9. The molecule has 5 heteroatoms. The SMILES string of the molecule is Cc1ccc(CN2CCCC3(CCN(CCN(C)C)C3=O)C2)s1. The molecule has 23 heavy (non-hydrogen) atoms. The lowest BCUT2D eigenvalue weighted by molar-refractivity contribution is -0.139. The molecule has 0 saturated carbocycles. The number of amides is 1. The predicted octanol–water partition coefficient (Wildman–Crippen LogP) is 2.43. The number of rotatable bonds is 5. The highest BCUT2D eigenvalue weighted by molar-refractivity contribution is 7.11. The fourth-order valence-electron chi connectivity index (χ4n) is 3.96. The van der Waals surface area contributed by atoms with Crippen molar-refractivity contribution in [1.29, 1.82) is 0 Å². The number of hydrogen-bond donors (Lipinski definition) is 0. The minimum Gasteiger partial charge on any atom is -0.341 e. The Kier molecular flexibility index (Phi) is 5.09. The molecule has 0 aromatic carbocycles. The molecule has 3 heterocycles. The summed E-state index contributed by atoms with van der Waals surface area (Å²) in [5.74, 6) is 0.409. The van der Waals surface area contributed by atoms with Crippen molar-refractivity contribution in [2.45, 2.75) is 32.7 Å². The highest BCUT2D eigenvalue weighted by Crippen LogP contribution is 2.40. The average Bonchev–Trinajstić information content (AvgIpc) is 3.03. The lowest BCUT2D eigenvalue weighted by Gasteiger charge is -2.39. The fourth-order valence-corrected chi connectivity index (χ4v) is 4.89. The number of likely N-dealkylation sites (N-methyl/N-ethyl adjacent to an activating group) is 1. The van der Waals surface area contributed by atoms with Gasteiger partial charge in [-0.3, -0.25) is 9.69 Å². The van der Waals surface area contributed by atoms with Crippen molar-refractivity contribution >= 4 is 17.2 Å². The summed E-state index contributed by atoms with van der Waals surface area (Å²) >= 11 is 1.88. The van der Waals surface area contributed by atoms with E-state index in [1.165, 1.54) is 9.75 Å². The van der Waals surface area contributed by atoms with Gasteiger partial charge < -0.3 is 9.80 Å². The Morgan fingerprint density at radius 2 is 2.09 bits per heavy atom. The monoisotopic (exact) mass is 335 g/mol. The van der Waals surface area contributed by atoms with E-state index in [0.29, 0.717) is 5.91 Å². The highest BCUT2D eigenvalue weighted by Gasteiger charge is 2.48. The van der Waals surface area contributed by atoms with Crippen LogP contribution in [0.2, 0.25) is 0 Å². The molecule has 2 fully saturated rings. The van der Waals surface area contributed by atoms with Crippen LogP contribution in [0.1, 0.15) is 29.0 Å². The zero-order valence-corrected chi connectivity index (χ0v) is 15.5. The molecule has 0 N–H and O–H groups in total. The minimum atomic E-state index is -0.100. The van der Waals surface area contributed by atoms with Gasteiger partial charge in [0, 0.05) is 42.5 Å². The lowest BCUT2D eigenvalue weighted by Crippen LogP contribution is -2.48. The first-order chi connectivity index (χ1) is 11.0. The predicted molar refractivity (Wildman–Crippen MR) is 95.8 cm³/mol. The van der Waals surface area contributed by atoms with E-state index in [1.54, 1.807) is 0 Å². The number of thiophene rings is 1. The van der Waals surface area contributed by atoms with E-state index in [1.807, 2.05) is 11.3 Å². The van der Waals surface area contributed by atoms with Crippen molar-refractivity contribution in [2.24, 2.45) is 5.41 Å². The second-order valence-corrected chi connectivity index (χ2v) is 8.82. The minimum absolute atomic E-state index is 0.100. The Hall–Kier alpha value is -0.910. The molecule has 2 saturated heterocycles. The largest absolute Gasteiger partial charge is 0.341 e. The van der Waals surface area contributed by atoms with Crippen LogP contribution in [0.15, 0.2) is 12.1 Å². The number of aryl methyl sites for hydroxylation is 1. The van der Waals surface area contributed by atoms with Crippen molar-refractivity contribution in [3.8, 4) is 0 Å². The summed E-state index contributed by atoms with van der Waals surface area (Å²) in [6.07, 6.45) is 3.26. The van der Waals surface area contributed by atoms with Gasteiger partial charge >= 0.3 is 0 Å². The molecular formula is C18H29N3OS. The summed E-state index contributed by atoms with van der Waals surface area (Å²) in [6.45, 7) is 8.02. The Bertz CT molecular complexity index is 556. The Morgan fingerprint density at radius 3 is 2.78 bits per heavy atom. The van der Waals surface area contributed by atoms with E-state index in [9.17, 15) is 4.79 Å². The van der Waals surface area contributed by atoms with E-state index in [-0.39, 0.29) is 5.41 Å². The molecule has 1 aromatic rings. The summed E-state index contributed by atoms with van der Waals surface area (Å²) in [4.78, 5) is 22.5. The molecule has 3 rings (SSSR count). The fraction of sp³-hybridized carbons (Fsp3) is 0.722. The third kappa shape index (κ3) is 3.78. The van der Waals surface area contributed by atoms with Crippen LogP contribution in [0.5, 0.6) is 0 Å². The third-order valence-corrected chi connectivity index (χ3v) is 6.24. The number of carbonyl (C=O) groups is 1. The smallest absolute Gasteiger partial charge is 0.230 e. The zero-order valence-electron chi connectivity index (χ0n) is 14.7. The molecule has 0 aliphatic carbocycles. The molecule has 128 valence electrons. The van der Waals surface area contributed by atoms with Crippen LogP contribution < -0.4 is 0 Å². The number of hydrogen-bond acceptors (Lipinski definition) is 4. The molecule has 1 spiro atoms. The van der Waals surface area contributed by atoms with E-state index in [4.69, 9.17) is 0 Å². The Labute approximate surface area is 144 Å². The van der Waals surface area contributed by atoms with Gasteiger partial charge in [0.2, 0.25) is 5.91 Å². The van der Waals surface area contributed by atoms with Gasteiger partial charge in [-0.05, 0) is 59.0 Å². The van der Waals surface area contributed by atoms with Crippen molar-refractivity contribution in [3.63, 3.8) is 0 Å². The summed E-state index contributed by atoms with van der Waals surface area (Å²) in [7, 11) is 4.14. The van der Waals surface area contributed by atoms with Crippen LogP contribution >= 0.6 is 11.3 Å². The van der Waals surface area contributed by atoms with Gasteiger partial charge in [-0.1, -0.05) is 0 Å². The molecule has 0 bridgehead atoms. The van der Waals surface area contributed by atoms with Crippen LogP contribution in [0.4, 0.5) is 0 Å². The number of carbonyl (C=O) groups excluding carboxylic acids is 1. The third-order valence-electron chi connectivity index (χ3n) is 5.25. The van der Waals surface area contributed by atoms with Gasteiger partial charge in [-0.2, -0.15) is 0 Å². The number of piperidine rings is 1. The molecule has 1 unspecified atom stereocenters. The van der Waals surface area contributed by atoms with Crippen LogP contribution in [0, 0.1) is 12.3 Å².